The first-order valence-electron chi connectivity index (χ1n) is 7.62. The number of anilines is 1. The van der Waals surface area contributed by atoms with Gasteiger partial charge in [-0.15, -0.1) is 0 Å². The SMILES string of the molecule is NCCC1CN(C2CCCNC(=O)C2)c2ccccc21. The first-order chi connectivity index (χ1) is 9.79. The number of carbonyl (C=O) groups is 1. The van der Waals surface area contributed by atoms with E-state index in [4.69, 9.17) is 5.73 Å². The van der Waals surface area contributed by atoms with E-state index in [1.54, 1.807) is 0 Å². The monoisotopic (exact) mass is 273 g/mol. The molecule has 2 aliphatic heterocycles. The minimum atomic E-state index is 0.187. The van der Waals surface area contributed by atoms with Crippen molar-refractivity contribution < 1.29 is 4.79 Å². The third-order valence-corrected chi connectivity index (χ3v) is 4.52. The molecule has 0 bridgehead atoms. The first kappa shape index (κ1) is 13.4. The zero-order valence-electron chi connectivity index (χ0n) is 11.8. The van der Waals surface area contributed by atoms with Gasteiger partial charge in [0.25, 0.3) is 0 Å². The molecule has 4 nitrogen and oxygen atoms in total. The fourth-order valence-corrected chi connectivity index (χ4v) is 3.54. The minimum Gasteiger partial charge on any atom is -0.367 e. The van der Waals surface area contributed by atoms with E-state index in [9.17, 15) is 4.79 Å². The average molecular weight is 273 g/mol. The van der Waals surface area contributed by atoms with Crippen molar-refractivity contribution in [3.05, 3.63) is 29.8 Å². The van der Waals surface area contributed by atoms with Gasteiger partial charge < -0.3 is 16.0 Å². The summed E-state index contributed by atoms with van der Waals surface area (Å²) in [6.45, 7) is 2.55. The third-order valence-electron chi connectivity index (χ3n) is 4.52. The van der Waals surface area contributed by atoms with Crippen molar-refractivity contribution in [1.29, 1.82) is 0 Å². The highest BCUT2D eigenvalue weighted by Crippen LogP contribution is 2.40. The van der Waals surface area contributed by atoms with Gasteiger partial charge in [-0.25, -0.2) is 0 Å². The second kappa shape index (κ2) is 5.83. The van der Waals surface area contributed by atoms with Crippen molar-refractivity contribution in [3.8, 4) is 0 Å². The van der Waals surface area contributed by atoms with Gasteiger partial charge in [-0.1, -0.05) is 18.2 Å². The van der Waals surface area contributed by atoms with Crippen LogP contribution in [0.3, 0.4) is 0 Å². The molecule has 20 heavy (non-hydrogen) atoms. The van der Waals surface area contributed by atoms with Crippen molar-refractivity contribution in [2.45, 2.75) is 37.6 Å². The van der Waals surface area contributed by atoms with E-state index >= 15 is 0 Å². The predicted molar refractivity (Wildman–Crippen MR) is 80.8 cm³/mol. The van der Waals surface area contributed by atoms with Gasteiger partial charge in [-0.3, -0.25) is 4.79 Å². The van der Waals surface area contributed by atoms with Gasteiger partial charge in [0, 0.05) is 37.2 Å². The van der Waals surface area contributed by atoms with Crippen molar-refractivity contribution in [2.75, 3.05) is 24.5 Å². The number of nitrogens with two attached hydrogens (primary N) is 1. The van der Waals surface area contributed by atoms with E-state index in [0.717, 1.165) is 38.9 Å². The first-order valence-corrected chi connectivity index (χ1v) is 7.62. The number of nitrogens with zero attached hydrogens (tertiary/aromatic N) is 1. The van der Waals surface area contributed by atoms with E-state index in [1.165, 1.54) is 11.3 Å². The number of rotatable bonds is 3. The summed E-state index contributed by atoms with van der Waals surface area (Å²) in [7, 11) is 0. The van der Waals surface area contributed by atoms with Gasteiger partial charge in [-0.05, 0) is 37.4 Å². The Morgan fingerprint density at radius 3 is 3.05 bits per heavy atom. The fraction of sp³-hybridized carbons (Fsp3) is 0.562. The molecule has 3 N–H and O–H groups in total. The number of hydrogen-bond donors (Lipinski definition) is 2. The number of para-hydroxylation sites is 1. The van der Waals surface area contributed by atoms with E-state index in [-0.39, 0.29) is 5.91 Å². The Kier molecular flexibility index (Phi) is 3.92. The van der Waals surface area contributed by atoms with Crippen LogP contribution in [0.1, 0.15) is 37.2 Å². The molecule has 2 atom stereocenters. The molecule has 2 aliphatic rings. The molecule has 0 aromatic heterocycles. The molecule has 4 heteroatoms. The number of nitrogens with one attached hydrogen (secondary N) is 1. The van der Waals surface area contributed by atoms with E-state index < -0.39 is 0 Å². The molecule has 0 spiro atoms. The maximum Gasteiger partial charge on any atom is 0.222 e. The van der Waals surface area contributed by atoms with Gasteiger partial charge in [0.15, 0.2) is 0 Å². The highest BCUT2D eigenvalue weighted by molar-refractivity contribution is 5.78. The minimum absolute atomic E-state index is 0.187. The molecule has 2 unspecified atom stereocenters. The topological polar surface area (TPSA) is 58.4 Å². The standard InChI is InChI=1S/C16H23N3O/c17-8-7-12-11-19(15-6-2-1-5-14(12)15)13-4-3-9-18-16(20)10-13/h1-2,5-6,12-13H,3-4,7-11,17H2,(H,18,20). The summed E-state index contributed by atoms with van der Waals surface area (Å²) in [6, 6.07) is 8.93. The van der Waals surface area contributed by atoms with Gasteiger partial charge in [0.2, 0.25) is 5.91 Å². The third kappa shape index (κ3) is 2.52. The van der Waals surface area contributed by atoms with Crippen LogP contribution in [0.25, 0.3) is 0 Å². The summed E-state index contributed by atoms with van der Waals surface area (Å²) < 4.78 is 0. The zero-order valence-corrected chi connectivity index (χ0v) is 11.8. The van der Waals surface area contributed by atoms with Crippen LogP contribution in [0.2, 0.25) is 0 Å². The lowest BCUT2D eigenvalue weighted by Crippen LogP contribution is -2.36. The van der Waals surface area contributed by atoms with Gasteiger partial charge >= 0.3 is 0 Å². The highest BCUT2D eigenvalue weighted by atomic mass is 16.1. The lowest BCUT2D eigenvalue weighted by atomic mass is 9.98. The van der Waals surface area contributed by atoms with Crippen LogP contribution < -0.4 is 16.0 Å². The molecule has 1 amide bonds. The molecular weight excluding hydrogens is 250 g/mol. The lowest BCUT2D eigenvalue weighted by Gasteiger charge is -2.29. The van der Waals surface area contributed by atoms with Crippen LogP contribution in [0.15, 0.2) is 24.3 Å². The molecule has 2 heterocycles. The van der Waals surface area contributed by atoms with Crippen molar-refractivity contribution in [3.63, 3.8) is 0 Å². The van der Waals surface area contributed by atoms with Gasteiger partial charge in [-0.2, -0.15) is 0 Å². The molecular formula is C16H23N3O. The average Bonchev–Trinajstić information content (AvgIpc) is 2.67. The van der Waals surface area contributed by atoms with Crippen LogP contribution in [0, 0.1) is 0 Å². The number of fused-ring (bicyclic) bond motifs is 1. The molecule has 0 saturated carbocycles. The highest BCUT2D eigenvalue weighted by Gasteiger charge is 2.33. The van der Waals surface area contributed by atoms with E-state index in [2.05, 4.69) is 34.5 Å². The van der Waals surface area contributed by atoms with Crippen LogP contribution in [0.4, 0.5) is 5.69 Å². The molecule has 1 saturated heterocycles. The molecule has 1 aromatic rings. The summed E-state index contributed by atoms with van der Waals surface area (Å²) in [5.41, 5.74) is 8.47. The molecule has 1 aromatic carbocycles. The molecule has 0 radical (unpaired) electrons. The summed E-state index contributed by atoms with van der Waals surface area (Å²) in [6.07, 6.45) is 3.79. The number of benzene rings is 1. The summed E-state index contributed by atoms with van der Waals surface area (Å²) in [5, 5.41) is 2.97. The Morgan fingerprint density at radius 1 is 1.35 bits per heavy atom. The lowest BCUT2D eigenvalue weighted by molar-refractivity contribution is -0.121. The van der Waals surface area contributed by atoms with Crippen LogP contribution >= 0.6 is 0 Å². The number of hydrogen-bond acceptors (Lipinski definition) is 3. The quantitative estimate of drug-likeness (QED) is 0.879. The predicted octanol–water partition coefficient (Wildman–Crippen LogP) is 1.61. The van der Waals surface area contributed by atoms with E-state index in [0.29, 0.717) is 18.4 Å². The normalized spacial score (nSPS) is 26.1. The van der Waals surface area contributed by atoms with Crippen molar-refractivity contribution >= 4 is 11.6 Å². The zero-order chi connectivity index (χ0) is 13.9. The van der Waals surface area contributed by atoms with Gasteiger partial charge in [0.05, 0.1) is 0 Å². The van der Waals surface area contributed by atoms with Crippen molar-refractivity contribution in [1.82, 2.24) is 5.32 Å². The Morgan fingerprint density at radius 2 is 2.20 bits per heavy atom. The maximum absolute atomic E-state index is 11.8. The van der Waals surface area contributed by atoms with Crippen LogP contribution in [0.5, 0.6) is 0 Å². The Labute approximate surface area is 120 Å². The van der Waals surface area contributed by atoms with Crippen LogP contribution in [-0.4, -0.2) is 31.6 Å². The summed E-state index contributed by atoms with van der Waals surface area (Å²) >= 11 is 0. The number of carbonyl (C=O) groups excluding carboxylic acids is 1. The Balaban J connectivity index is 1.85. The Hall–Kier alpha value is -1.55. The maximum atomic E-state index is 11.8. The largest absolute Gasteiger partial charge is 0.367 e. The second-order valence-electron chi connectivity index (χ2n) is 5.84. The van der Waals surface area contributed by atoms with Gasteiger partial charge in [0.1, 0.15) is 0 Å². The van der Waals surface area contributed by atoms with Crippen LogP contribution in [-0.2, 0) is 4.79 Å². The fourth-order valence-electron chi connectivity index (χ4n) is 3.54. The molecule has 108 valence electrons. The summed E-state index contributed by atoms with van der Waals surface area (Å²) in [5.74, 6) is 0.703. The summed E-state index contributed by atoms with van der Waals surface area (Å²) in [4.78, 5) is 14.3. The second-order valence-corrected chi connectivity index (χ2v) is 5.84. The molecule has 0 aliphatic carbocycles. The van der Waals surface area contributed by atoms with Crippen molar-refractivity contribution in [2.24, 2.45) is 5.73 Å². The number of amides is 1. The Bertz CT molecular complexity index is 488. The molecule has 1 fully saturated rings. The smallest absolute Gasteiger partial charge is 0.222 e. The molecule has 3 rings (SSSR count). The van der Waals surface area contributed by atoms with E-state index in [1.807, 2.05) is 0 Å².